The minimum absolute atomic E-state index is 0.0255. The Bertz CT molecular complexity index is 1790. The molecule has 1 heterocycles. The fourth-order valence-corrected chi connectivity index (χ4v) is 6.22. The molecular formula is C30H29ClF3N3O5S. The molecule has 0 radical (unpaired) electrons. The number of nitrogens with zero attached hydrogens (tertiary/aromatic N) is 1. The van der Waals surface area contributed by atoms with Gasteiger partial charge in [0.2, 0.25) is 0 Å². The molecule has 3 aromatic carbocycles. The quantitative estimate of drug-likeness (QED) is 0.227. The molecule has 8 nitrogen and oxygen atoms in total. The second kappa shape index (κ2) is 12.7. The number of carbonyl (C=O) groups is 2. The summed E-state index contributed by atoms with van der Waals surface area (Å²) < 4.78 is 72.7. The average Bonchev–Trinajstić information content (AvgIpc) is 3.24. The smallest absolute Gasteiger partial charge is 0.389 e. The lowest BCUT2D eigenvalue weighted by atomic mass is 10.0. The minimum atomic E-state index is -4.31. The lowest BCUT2D eigenvalue weighted by Crippen LogP contribution is -2.30. The van der Waals surface area contributed by atoms with Gasteiger partial charge in [0.25, 0.3) is 21.8 Å². The van der Waals surface area contributed by atoms with Gasteiger partial charge in [0, 0.05) is 54.7 Å². The zero-order valence-corrected chi connectivity index (χ0v) is 25.0. The number of methoxy groups -OCH3 is 1. The molecule has 0 aliphatic rings. The van der Waals surface area contributed by atoms with E-state index in [2.05, 4.69) is 5.32 Å². The molecule has 0 aliphatic heterocycles. The van der Waals surface area contributed by atoms with E-state index in [4.69, 9.17) is 16.3 Å². The van der Waals surface area contributed by atoms with Gasteiger partial charge < -0.3 is 14.6 Å². The van der Waals surface area contributed by atoms with Crippen LogP contribution in [0.3, 0.4) is 0 Å². The van der Waals surface area contributed by atoms with Gasteiger partial charge in [-0.15, -0.1) is 0 Å². The van der Waals surface area contributed by atoms with Gasteiger partial charge in [-0.05, 0) is 59.5 Å². The Balaban J connectivity index is 1.54. The molecule has 13 heteroatoms. The summed E-state index contributed by atoms with van der Waals surface area (Å²) in [4.78, 5) is 25.3. The number of sulfonamides is 1. The Labute approximate surface area is 251 Å². The maximum absolute atomic E-state index is 12.8. The second-order valence-corrected chi connectivity index (χ2v) is 12.3. The number of alkyl halides is 3. The van der Waals surface area contributed by atoms with Crippen LogP contribution in [-0.4, -0.2) is 44.6 Å². The number of benzene rings is 3. The van der Waals surface area contributed by atoms with E-state index in [-0.39, 0.29) is 22.0 Å². The number of hydrogen-bond donors (Lipinski definition) is 2. The van der Waals surface area contributed by atoms with Crippen molar-refractivity contribution in [3.8, 4) is 5.75 Å². The number of aryl methyl sites for hydroxylation is 1. The first-order valence-electron chi connectivity index (χ1n) is 13.1. The van der Waals surface area contributed by atoms with E-state index in [1.807, 2.05) is 22.5 Å². The Morgan fingerprint density at radius 1 is 1.00 bits per heavy atom. The lowest BCUT2D eigenvalue weighted by molar-refractivity contribution is -0.142. The fraction of sp³-hybridized carbons (Fsp3) is 0.267. The van der Waals surface area contributed by atoms with Crippen LogP contribution in [0.15, 0.2) is 71.8 Å². The van der Waals surface area contributed by atoms with Gasteiger partial charge in [0.1, 0.15) is 10.6 Å². The Kier molecular flexibility index (Phi) is 9.41. The number of ether oxygens (including phenoxy) is 1. The van der Waals surface area contributed by atoms with Gasteiger partial charge in [-0.2, -0.15) is 13.2 Å². The third kappa shape index (κ3) is 7.68. The Morgan fingerprint density at radius 3 is 2.35 bits per heavy atom. The van der Waals surface area contributed by atoms with E-state index in [0.29, 0.717) is 23.3 Å². The number of aromatic nitrogens is 1. The first kappa shape index (κ1) is 31.9. The molecule has 43 heavy (non-hydrogen) atoms. The number of fused-ring (bicyclic) bond motifs is 1. The summed E-state index contributed by atoms with van der Waals surface area (Å²) in [7, 11) is -0.960. The van der Waals surface area contributed by atoms with Crippen molar-refractivity contribution in [2.45, 2.75) is 30.8 Å². The highest BCUT2D eigenvalue weighted by Gasteiger charge is 2.30. The fourth-order valence-electron chi connectivity index (χ4n) is 4.73. The van der Waals surface area contributed by atoms with E-state index in [0.717, 1.165) is 16.5 Å². The lowest BCUT2D eigenvalue weighted by Gasteiger charge is -2.15. The second-order valence-electron chi connectivity index (χ2n) is 10.2. The summed E-state index contributed by atoms with van der Waals surface area (Å²) in [5.74, 6) is -1.78. The third-order valence-electron chi connectivity index (χ3n) is 6.81. The molecule has 2 N–H and O–H groups in total. The van der Waals surface area contributed by atoms with E-state index in [1.54, 1.807) is 30.3 Å². The van der Waals surface area contributed by atoms with E-state index < -0.39 is 40.4 Å². The number of hydrogen-bond acceptors (Lipinski definition) is 5. The van der Waals surface area contributed by atoms with Crippen LogP contribution in [0.1, 0.15) is 45.2 Å². The third-order valence-corrected chi connectivity index (χ3v) is 8.64. The predicted octanol–water partition coefficient (Wildman–Crippen LogP) is 5.87. The number of nitrogens with one attached hydrogen (secondary N) is 2. The number of halogens is 4. The standard InChI is InChI=1S/C30H29ClF3N3O5S/c1-18(15-30(32,33)34)16-35-28(38)20-10-11-25-23(13-20)22(17-37(25)2)12-19-8-9-21(14-26(19)42-3)29(39)36-43(40,41)27-7-5-4-6-24(27)31/h4-11,13-14,17-18H,12,15-16H2,1-3H3,(H,35,38)(H,36,39)/t18-/m1/s1. The molecule has 0 aliphatic carbocycles. The van der Waals surface area contributed by atoms with Gasteiger partial charge in [0.15, 0.2) is 0 Å². The molecule has 0 saturated heterocycles. The number of carbonyl (C=O) groups excluding carboxylic acids is 2. The summed E-state index contributed by atoms with van der Waals surface area (Å²) in [5, 5.41) is 3.30. The van der Waals surface area contributed by atoms with E-state index in [1.165, 1.54) is 44.4 Å². The first-order chi connectivity index (χ1) is 20.2. The Hall–Kier alpha value is -4.03. The van der Waals surface area contributed by atoms with Gasteiger partial charge in [-0.1, -0.05) is 36.7 Å². The van der Waals surface area contributed by atoms with Crippen molar-refractivity contribution in [1.29, 1.82) is 0 Å². The zero-order valence-electron chi connectivity index (χ0n) is 23.5. The van der Waals surface area contributed by atoms with Crippen LogP contribution < -0.4 is 14.8 Å². The van der Waals surface area contributed by atoms with Gasteiger partial charge in [-0.25, -0.2) is 13.1 Å². The average molecular weight is 636 g/mol. The topological polar surface area (TPSA) is 106 Å². The molecule has 228 valence electrons. The summed E-state index contributed by atoms with van der Waals surface area (Å²) in [6, 6.07) is 15.4. The molecule has 1 atom stereocenters. The predicted molar refractivity (Wildman–Crippen MR) is 157 cm³/mol. The van der Waals surface area contributed by atoms with Crippen LogP contribution >= 0.6 is 11.6 Å². The van der Waals surface area contributed by atoms with Crippen LogP contribution in [0.5, 0.6) is 5.75 Å². The first-order valence-corrected chi connectivity index (χ1v) is 15.0. The molecule has 2 amide bonds. The maximum atomic E-state index is 12.8. The molecule has 1 aromatic heterocycles. The SMILES string of the molecule is COc1cc(C(=O)NS(=O)(=O)c2ccccc2Cl)ccc1Cc1cn(C)c2ccc(C(=O)NC[C@H](C)CC(F)(F)F)cc12. The molecule has 0 bridgehead atoms. The molecular weight excluding hydrogens is 607 g/mol. The number of amides is 2. The highest BCUT2D eigenvalue weighted by Crippen LogP contribution is 2.29. The zero-order chi connectivity index (χ0) is 31.5. The van der Waals surface area contributed by atoms with Crippen molar-refractivity contribution in [2.75, 3.05) is 13.7 Å². The molecule has 0 spiro atoms. The van der Waals surface area contributed by atoms with Crippen LogP contribution in [0.2, 0.25) is 5.02 Å². The largest absolute Gasteiger partial charge is 0.496 e. The molecule has 4 aromatic rings. The van der Waals surface area contributed by atoms with Crippen LogP contribution in [-0.2, 0) is 23.5 Å². The molecule has 0 fully saturated rings. The molecule has 0 unspecified atom stereocenters. The van der Waals surface area contributed by atoms with Crippen molar-refractivity contribution >= 4 is 44.3 Å². The summed E-state index contributed by atoms with van der Waals surface area (Å²) in [6.07, 6.45) is -3.07. The maximum Gasteiger partial charge on any atom is 0.389 e. The van der Waals surface area contributed by atoms with Gasteiger partial charge in [-0.3, -0.25) is 9.59 Å². The molecule has 0 saturated carbocycles. The van der Waals surface area contributed by atoms with Crippen molar-refractivity contribution < 1.29 is 35.9 Å². The van der Waals surface area contributed by atoms with Crippen LogP contribution in [0, 0.1) is 5.92 Å². The Morgan fingerprint density at radius 2 is 1.67 bits per heavy atom. The van der Waals surface area contributed by atoms with Crippen molar-refractivity contribution in [3.05, 3.63) is 94.1 Å². The van der Waals surface area contributed by atoms with Crippen LogP contribution in [0.25, 0.3) is 10.9 Å². The molecule has 4 rings (SSSR count). The van der Waals surface area contributed by atoms with Gasteiger partial charge >= 0.3 is 6.18 Å². The number of rotatable bonds is 10. The normalized spacial score (nSPS) is 12.6. The minimum Gasteiger partial charge on any atom is -0.496 e. The van der Waals surface area contributed by atoms with Crippen molar-refractivity contribution in [3.63, 3.8) is 0 Å². The summed E-state index contributed by atoms with van der Waals surface area (Å²) in [6.45, 7) is 1.31. The van der Waals surface area contributed by atoms with Gasteiger partial charge in [0.05, 0.1) is 12.1 Å². The van der Waals surface area contributed by atoms with Crippen molar-refractivity contribution in [2.24, 2.45) is 13.0 Å². The van der Waals surface area contributed by atoms with E-state index >= 15 is 0 Å². The highest BCUT2D eigenvalue weighted by molar-refractivity contribution is 7.90. The summed E-state index contributed by atoms with van der Waals surface area (Å²) >= 11 is 5.99. The van der Waals surface area contributed by atoms with E-state index in [9.17, 15) is 31.2 Å². The van der Waals surface area contributed by atoms with Crippen LogP contribution in [0.4, 0.5) is 13.2 Å². The summed E-state index contributed by atoms with van der Waals surface area (Å²) in [5.41, 5.74) is 2.70. The monoisotopic (exact) mass is 635 g/mol. The highest BCUT2D eigenvalue weighted by atomic mass is 35.5. The van der Waals surface area contributed by atoms with Crippen molar-refractivity contribution in [1.82, 2.24) is 14.6 Å².